The summed E-state index contributed by atoms with van der Waals surface area (Å²) in [6, 6.07) is 12.6. The Hall–Kier alpha value is -3.64. The Kier molecular flexibility index (Phi) is 12.2. The van der Waals surface area contributed by atoms with Crippen molar-refractivity contribution >= 4 is 11.6 Å². The highest BCUT2D eigenvalue weighted by Crippen LogP contribution is 2.39. The monoisotopic (exact) mass is 710 g/mol. The average Bonchev–Trinajstić information content (AvgIpc) is 3.04. The summed E-state index contributed by atoms with van der Waals surface area (Å²) in [6.07, 6.45) is -3.32. The Morgan fingerprint density at radius 2 is 1.49 bits per heavy atom. The molecule has 1 aliphatic heterocycles. The average molecular weight is 711 g/mol. The smallest absolute Gasteiger partial charge is 0.429 e. The topological polar surface area (TPSA) is 36.9 Å². The molecule has 0 N–H and O–H groups in total. The van der Waals surface area contributed by atoms with E-state index in [1.54, 1.807) is 0 Å². The summed E-state index contributed by atoms with van der Waals surface area (Å²) in [6.45, 7) is 3.41. The molecule has 0 spiro atoms. The first-order chi connectivity index (χ1) is 23.4. The zero-order valence-electron chi connectivity index (χ0n) is 26.5. The number of rotatable bonds is 14. The predicted octanol–water partition coefficient (Wildman–Crippen LogP) is 10.2. The minimum absolute atomic E-state index is 0.0602. The van der Waals surface area contributed by atoms with E-state index in [2.05, 4.69) is 0 Å². The molecule has 0 amide bonds. The van der Waals surface area contributed by atoms with Gasteiger partial charge in [0.15, 0.2) is 0 Å². The van der Waals surface area contributed by atoms with Crippen LogP contribution in [-0.2, 0) is 33.2 Å². The molecular weight excluding hydrogens is 677 g/mol. The number of alkyl halides is 2. The molecule has 0 aromatic heterocycles. The van der Waals surface area contributed by atoms with Gasteiger partial charge in [0.1, 0.15) is 47.2 Å². The van der Waals surface area contributed by atoms with Crippen LogP contribution in [0.2, 0.25) is 5.02 Å². The van der Waals surface area contributed by atoms with Crippen LogP contribution < -0.4 is 4.74 Å². The second kappa shape index (κ2) is 16.4. The molecule has 1 heterocycles. The van der Waals surface area contributed by atoms with Crippen LogP contribution in [0, 0.1) is 35.0 Å². The molecule has 1 saturated heterocycles. The Labute approximate surface area is 284 Å². The molecule has 0 saturated carbocycles. The number of hydrogen-bond donors (Lipinski definition) is 0. The number of ether oxygens (including phenoxy) is 4. The van der Waals surface area contributed by atoms with E-state index in [1.807, 2.05) is 6.92 Å². The maximum Gasteiger partial charge on any atom is 0.432 e. The zero-order chi connectivity index (χ0) is 35.1. The molecule has 262 valence electrons. The molecule has 4 aromatic carbocycles. The first-order valence-electron chi connectivity index (χ1n) is 15.8. The highest BCUT2D eigenvalue weighted by Gasteiger charge is 2.42. The highest BCUT2D eigenvalue weighted by molar-refractivity contribution is 6.31. The molecule has 5 rings (SSSR count). The van der Waals surface area contributed by atoms with E-state index in [-0.39, 0.29) is 53.9 Å². The fourth-order valence-corrected chi connectivity index (χ4v) is 5.86. The van der Waals surface area contributed by atoms with Crippen LogP contribution >= 0.6 is 11.6 Å². The van der Waals surface area contributed by atoms with Gasteiger partial charge in [0.05, 0.1) is 19.3 Å². The normalized spacial score (nSPS) is 16.6. The van der Waals surface area contributed by atoms with E-state index in [0.717, 1.165) is 42.8 Å². The number of hydrogen-bond acceptors (Lipinski definition) is 4. The zero-order valence-corrected chi connectivity index (χ0v) is 27.3. The summed E-state index contributed by atoms with van der Waals surface area (Å²) in [7, 11) is 0. The minimum Gasteiger partial charge on any atom is -0.429 e. The number of benzene rings is 4. The lowest BCUT2D eigenvalue weighted by Crippen LogP contribution is -2.27. The SMILES string of the molecule is CCCOCOCC1CCC(c2cc(F)c(C(F)(F)Oc3ccc(Cc4cc(F)c(Cc5ccc(F)cc5)c(F)c4)c(Cl)c3)c(F)c2)OC1. The Morgan fingerprint density at radius 1 is 0.796 bits per heavy atom. The fraction of sp³-hybridized carbons (Fsp3) is 0.351. The predicted molar refractivity (Wildman–Crippen MR) is 169 cm³/mol. The van der Waals surface area contributed by atoms with Gasteiger partial charge in [0, 0.05) is 29.5 Å². The van der Waals surface area contributed by atoms with Crippen LogP contribution in [0.4, 0.5) is 30.7 Å². The standard InChI is InChI=1S/C37H34ClF7O4/c1-2-11-46-21-47-19-23-5-10-35(48-20-23)26-16-33(42)36(34(43)17-26)37(44,45)49-28-9-6-25(30(38)18-28)12-24-14-31(40)29(32(41)15-24)13-22-3-7-27(39)8-4-22/h3-4,6-9,14-18,23,35H,2,5,10-13,19-21H2,1H3. The van der Waals surface area contributed by atoms with Gasteiger partial charge in [0.25, 0.3) is 0 Å². The molecule has 0 aliphatic carbocycles. The van der Waals surface area contributed by atoms with Gasteiger partial charge in [-0.05, 0) is 96.5 Å². The second-order valence-corrected chi connectivity index (χ2v) is 12.3. The Balaban J connectivity index is 1.21. The summed E-state index contributed by atoms with van der Waals surface area (Å²) in [4.78, 5) is 0. The van der Waals surface area contributed by atoms with Gasteiger partial charge in [-0.25, -0.2) is 22.0 Å². The van der Waals surface area contributed by atoms with Crippen molar-refractivity contribution in [1.82, 2.24) is 0 Å². The van der Waals surface area contributed by atoms with Crippen LogP contribution in [0.3, 0.4) is 0 Å². The van der Waals surface area contributed by atoms with Crippen LogP contribution in [0.25, 0.3) is 0 Å². The summed E-state index contributed by atoms with van der Waals surface area (Å²) in [5.41, 5.74) is -0.628. The lowest BCUT2D eigenvalue weighted by Gasteiger charge is -2.29. The van der Waals surface area contributed by atoms with E-state index in [9.17, 15) is 13.2 Å². The van der Waals surface area contributed by atoms with E-state index in [4.69, 9.17) is 30.5 Å². The van der Waals surface area contributed by atoms with E-state index in [0.29, 0.717) is 37.2 Å². The third-order valence-corrected chi connectivity index (χ3v) is 8.48. The molecule has 2 unspecified atom stereocenters. The molecular formula is C37H34ClF7O4. The molecule has 1 aliphatic rings. The maximum atomic E-state index is 15.2. The van der Waals surface area contributed by atoms with Crippen molar-refractivity contribution < 1.29 is 49.7 Å². The molecule has 4 aromatic rings. The van der Waals surface area contributed by atoms with Crippen LogP contribution in [0.5, 0.6) is 5.75 Å². The largest absolute Gasteiger partial charge is 0.432 e. The molecule has 12 heteroatoms. The molecule has 0 bridgehead atoms. The van der Waals surface area contributed by atoms with Gasteiger partial charge < -0.3 is 18.9 Å². The highest BCUT2D eigenvalue weighted by atomic mass is 35.5. The van der Waals surface area contributed by atoms with Gasteiger partial charge in [-0.1, -0.05) is 36.7 Å². The Bertz CT molecular complexity index is 1680. The number of halogens is 8. The molecule has 4 nitrogen and oxygen atoms in total. The van der Waals surface area contributed by atoms with Gasteiger partial charge in [-0.15, -0.1) is 0 Å². The fourth-order valence-electron chi connectivity index (χ4n) is 5.62. The minimum atomic E-state index is -4.42. The van der Waals surface area contributed by atoms with Crippen molar-refractivity contribution in [2.45, 2.75) is 51.2 Å². The second-order valence-electron chi connectivity index (χ2n) is 11.9. The van der Waals surface area contributed by atoms with E-state index >= 15 is 17.6 Å². The van der Waals surface area contributed by atoms with Crippen LogP contribution in [0.15, 0.2) is 66.7 Å². The van der Waals surface area contributed by atoms with Crippen molar-refractivity contribution in [2.24, 2.45) is 5.92 Å². The summed E-state index contributed by atoms with van der Waals surface area (Å²) in [5.74, 6) is -5.54. The summed E-state index contributed by atoms with van der Waals surface area (Å²) < 4.78 is 124. The van der Waals surface area contributed by atoms with Crippen LogP contribution in [0.1, 0.15) is 65.7 Å². The van der Waals surface area contributed by atoms with Crippen molar-refractivity contribution in [1.29, 1.82) is 0 Å². The van der Waals surface area contributed by atoms with Crippen molar-refractivity contribution in [3.63, 3.8) is 0 Å². The third kappa shape index (κ3) is 9.54. The Morgan fingerprint density at radius 3 is 2.10 bits per heavy atom. The van der Waals surface area contributed by atoms with Gasteiger partial charge in [0.2, 0.25) is 0 Å². The van der Waals surface area contributed by atoms with E-state index < -0.39 is 52.6 Å². The van der Waals surface area contributed by atoms with Crippen molar-refractivity contribution in [3.8, 4) is 5.75 Å². The first-order valence-corrected chi connectivity index (χ1v) is 16.1. The summed E-state index contributed by atoms with van der Waals surface area (Å²) >= 11 is 6.29. The first kappa shape index (κ1) is 36.6. The molecule has 49 heavy (non-hydrogen) atoms. The van der Waals surface area contributed by atoms with Crippen molar-refractivity contribution in [2.75, 3.05) is 26.6 Å². The molecule has 1 fully saturated rings. The lowest BCUT2D eigenvalue weighted by molar-refractivity contribution is -0.189. The van der Waals surface area contributed by atoms with Crippen LogP contribution in [-0.4, -0.2) is 26.6 Å². The van der Waals surface area contributed by atoms with Crippen molar-refractivity contribution in [3.05, 3.63) is 134 Å². The quantitative estimate of drug-likeness (QED) is 0.0742. The lowest BCUT2D eigenvalue weighted by atomic mass is 9.94. The van der Waals surface area contributed by atoms with E-state index in [1.165, 1.54) is 30.3 Å². The maximum absolute atomic E-state index is 15.2. The molecule has 2 atom stereocenters. The summed E-state index contributed by atoms with van der Waals surface area (Å²) in [5, 5.41) is -0.0765. The van der Waals surface area contributed by atoms with Gasteiger partial charge in [-0.3, -0.25) is 0 Å². The third-order valence-electron chi connectivity index (χ3n) is 8.13. The van der Waals surface area contributed by atoms with Gasteiger partial charge >= 0.3 is 6.11 Å². The van der Waals surface area contributed by atoms with Gasteiger partial charge in [-0.2, -0.15) is 8.78 Å². The molecule has 0 radical (unpaired) electrons.